The number of hydrogen-bond acceptors (Lipinski definition) is 3. The van der Waals surface area contributed by atoms with Crippen LogP contribution in [0.3, 0.4) is 0 Å². The van der Waals surface area contributed by atoms with Crippen LogP contribution in [0.25, 0.3) is 11.0 Å². The van der Waals surface area contributed by atoms with Gasteiger partial charge in [-0.05, 0) is 55.0 Å². The molecule has 2 heterocycles. The Morgan fingerprint density at radius 3 is 2.58 bits per heavy atom. The minimum Gasteiger partial charge on any atom is -0.451 e. The zero-order chi connectivity index (χ0) is 21.0. The summed E-state index contributed by atoms with van der Waals surface area (Å²) in [6.07, 6.45) is 6.02. The van der Waals surface area contributed by atoms with E-state index >= 15 is 0 Å². The van der Waals surface area contributed by atoms with E-state index in [0.717, 1.165) is 42.3 Å². The van der Waals surface area contributed by atoms with Crippen molar-refractivity contribution >= 4 is 16.9 Å². The number of amides is 1. The smallest absolute Gasteiger partial charge is 0.290 e. The first-order valence-electron chi connectivity index (χ1n) is 11.0. The Bertz CT molecular complexity index is 1120. The average Bonchev–Trinajstić information content (AvgIpc) is 3.28. The van der Waals surface area contributed by atoms with Crippen LogP contribution in [0, 0.1) is 0 Å². The van der Waals surface area contributed by atoms with E-state index in [4.69, 9.17) is 4.42 Å². The molecule has 31 heavy (non-hydrogen) atoms. The first-order chi connectivity index (χ1) is 15.3. The van der Waals surface area contributed by atoms with Crippen LogP contribution in [0.4, 0.5) is 0 Å². The van der Waals surface area contributed by atoms with Crippen molar-refractivity contribution in [3.8, 4) is 0 Å². The van der Waals surface area contributed by atoms with Crippen LogP contribution in [0.1, 0.15) is 53.4 Å². The highest BCUT2D eigenvalue weighted by Crippen LogP contribution is 2.36. The van der Waals surface area contributed by atoms with Crippen molar-refractivity contribution < 1.29 is 9.21 Å². The maximum atomic E-state index is 13.7. The van der Waals surface area contributed by atoms with Crippen molar-refractivity contribution in [2.45, 2.75) is 44.2 Å². The van der Waals surface area contributed by atoms with E-state index in [0.29, 0.717) is 18.2 Å². The number of aromatic nitrogens is 1. The highest BCUT2D eigenvalue weighted by atomic mass is 16.3. The third-order valence-electron chi connectivity index (χ3n) is 6.31. The van der Waals surface area contributed by atoms with E-state index in [9.17, 15) is 4.79 Å². The molecular formula is C27H26N2O2. The molecule has 1 amide bonds. The third-order valence-corrected chi connectivity index (χ3v) is 6.31. The Morgan fingerprint density at radius 2 is 1.77 bits per heavy atom. The molecule has 0 saturated heterocycles. The van der Waals surface area contributed by atoms with Gasteiger partial charge in [-0.3, -0.25) is 9.78 Å². The maximum Gasteiger partial charge on any atom is 0.290 e. The van der Waals surface area contributed by atoms with Crippen molar-refractivity contribution in [3.63, 3.8) is 0 Å². The minimum absolute atomic E-state index is 0.0550. The van der Waals surface area contributed by atoms with Gasteiger partial charge < -0.3 is 9.32 Å². The molecule has 4 nitrogen and oxygen atoms in total. The van der Waals surface area contributed by atoms with Gasteiger partial charge in [-0.1, -0.05) is 61.0 Å². The van der Waals surface area contributed by atoms with Gasteiger partial charge in [0.1, 0.15) is 5.58 Å². The molecule has 5 rings (SSSR count). The van der Waals surface area contributed by atoms with Crippen molar-refractivity contribution in [1.82, 2.24) is 9.88 Å². The van der Waals surface area contributed by atoms with Crippen molar-refractivity contribution in [3.05, 3.63) is 102 Å². The molecule has 2 atom stereocenters. The van der Waals surface area contributed by atoms with Crippen LogP contribution in [0.5, 0.6) is 0 Å². The van der Waals surface area contributed by atoms with Gasteiger partial charge in [0.2, 0.25) is 0 Å². The summed E-state index contributed by atoms with van der Waals surface area (Å²) in [5.41, 5.74) is 3.00. The molecule has 0 radical (unpaired) electrons. The van der Waals surface area contributed by atoms with E-state index in [-0.39, 0.29) is 11.9 Å². The summed E-state index contributed by atoms with van der Waals surface area (Å²) in [6.45, 7) is 0.489. The molecule has 0 bridgehead atoms. The predicted molar refractivity (Wildman–Crippen MR) is 122 cm³/mol. The van der Waals surface area contributed by atoms with Gasteiger partial charge in [-0.15, -0.1) is 0 Å². The number of nitrogens with zero attached hydrogens (tertiary/aromatic N) is 2. The fourth-order valence-electron chi connectivity index (χ4n) is 4.74. The van der Waals surface area contributed by atoms with Crippen LogP contribution < -0.4 is 0 Å². The predicted octanol–water partition coefficient (Wildman–Crippen LogP) is 6.20. The minimum atomic E-state index is -0.0550. The van der Waals surface area contributed by atoms with Crippen molar-refractivity contribution in [1.29, 1.82) is 0 Å². The van der Waals surface area contributed by atoms with Crippen LogP contribution in [-0.2, 0) is 6.54 Å². The van der Waals surface area contributed by atoms with Gasteiger partial charge in [0.25, 0.3) is 5.91 Å². The van der Waals surface area contributed by atoms with Gasteiger partial charge in [0, 0.05) is 17.6 Å². The molecule has 4 heteroatoms. The summed E-state index contributed by atoms with van der Waals surface area (Å²) in [6, 6.07) is 26.3. The molecule has 0 spiro atoms. The summed E-state index contributed by atoms with van der Waals surface area (Å²) in [5, 5.41) is 0.953. The first-order valence-corrected chi connectivity index (χ1v) is 11.0. The topological polar surface area (TPSA) is 46.3 Å². The summed E-state index contributed by atoms with van der Waals surface area (Å²) >= 11 is 0. The first kappa shape index (κ1) is 19.6. The summed E-state index contributed by atoms with van der Waals surface area (Å²) in [4.78, 5) is 20.1. The standard InChI is InChI=1S/C27H26N2O2/c30-27(26-18-22-11-4-5-15-25(22)31-26)29(19-23-13-6-7-16-28-23)24-14-8-12-21(17-24)20-9-2-1-3-10-20/h1-7,9-11,13,15-16,18,21,24H,8,12,14,17,19H2. The molecule has 156 valence electrons. The van der Waals surface area contributed by atoms with E-state index in [1.807, 2.05) is 53.4 Å². The summed E-state index contributed by atoms with van der Waals surface area (Å²) < 4.78 is 5.94. The lowest BCUT2D eigenvalue weighted by molar-refractivity contribution is 0.0568. The Balaban J connectivity index is 1.45. The van der Waals surface area contributed by atoms with Crippen molar-refractivity contribution in [2.24, 2.45) is 0 Å². The lowest BCUT2D eigenvalue weighted by Crippen LogP contribution is -2.42. The van der Waals surface area contributed by atoms with E-state index < -0.39 is 0 Å². The van der Waals surface area contributed by atoms with E-state index in [1.54, 1.807) is 6.20 Å². The van der Waals surface area contributed by atoms with Gasteiger partial charge in [0.15, 0.2) is 5.76 Å². The Morgan fingerprint density at radius 1 is 0.968 bits per heavy atom. The number of rotatable bonds is 5. The number of benzene rings is 2. The average molecular weight is 411 g/mol. The molecular weight excluding hydrogens is 384 g/mol. The molecule has 1 aliphatic carbocycles. The second-order valence-corrected chi connectivity index (χ2v) is 8.33. The summed E-state index contributed by atoms with van der Waals surface area (Å²) in [7, 11) is 0. The number of carbonyl (C=O) groups excluding carboxylic acids is 1. The number of fused-ring (bicyclic) bond motifs is 1. The molecule has 0 N–H and O–H groups in total. The van der Waals surface area contributed by atoms with E-state index in [2.05, 4.69) is 35.3 Å². The second-order valence-electron chi connectivity index (χ2n) is 8.33. The highest BCUT2D eigenvalue weighted by Gasteiger charge is 2.32. The molecule has 1 aliphatic rings. The number of para-hydroxylation sites is 1. The Labute approximate surface area is 182 Å². The highest BCUT2D eigenvalue weighted by molar-refractivity contribution is 5.96. The second kappa shape index (κ2) is 8.76. The van der Waals surface area contributed by atoms with Crippen molar-refractivity contribution in [2.75, 3.05) is 0 Å². The number of furan rings is 1. The molecule has 2 aromatic heterocycles. The Kier molecular flexibility index (Phi) is 5.53. The molecule has 4 aromatic rings. The maximum absolute atomic E-state index is 13.7. The fourth-order valence-corrected chi connectivity index (χ4v) is 4.74. The van der Waals surface area contributed by atoms with Gasteiger partial charge in [-0.25, -0.2) is 0 Å². The van der Waals surface area contributed by atoms with Crippen LogP contribution >= 0.6 is 0 Å². The van der Waals surface area contributed by atoms with Gasteiger partial charge in [0.05, 0.1) is 12.2 Å². The number of pyridine rings is 1. The zero-order valence-corrected chi connectivity index (χ0v) is 17.5. The largest absolute Gasteiger partial charge is 0.451 e. The number of hydrogen-bond donors (Lipinski definition) is 0. The third kappa shape index (κ3) is 4.24. The Hall–Kier alpha value is -3.40. The monoisotopic (exact) mass is 410 g/mol. The lowest BCUT2D eigenvalue weighted by atomic mass is 9.80. The fraction of sp³-hybridized carbons (Fsp3) is 0.259. The SMILES string of the molecule is O=C(c1cc2ccccc2o1)N(Cc1ccccn1)C1CCCC(c2ccccc2)C1. The molecule has 0 aliphatic heterocycles. The molecule has 2 unspecified atom stereocenters. The van der Waals surface area contributed by atoms with Crippen LogP contribution in [0.15, 0.2) is 89.5 Å². The summed E-state index contributed by atoms with van der Waals surface area (Å²) in [5.74, 6) is 0.814. The van der Waals surface area contributed by atoms with Crippen LogP contribution in [0.2, 0.25) is 0 Å². The van der Waals surface area contributed by atoms with Crippen LogP contribution in [-0.4, -0.2) is 21.8 Å². The zero-order valence-electron chi connectivity index (χ0n) is 17.5. The molecule has 1 saturated carbocycles. The van der Waals surface area contributed by atoms with E-state index in [1.165, 1.54) is 5.56 Å². The lowest BCUT2D eigenvalue weighted by Gasteiger charge is -2.37. The van der Waals surface area contributed by atoms with Gasteiger partial charge >= 0.3 is 0 Å². The molecule has 1 fully saturated rings. The number of carbonyl (C=O) groups is 1. The quantitative estimate of drug-likeness (QED) is 0.394. The normalized spacial score (nSPS) is 18.7. The van der Waals surface area contributed by atoms with Gasteiger partial charge in [-0.2, -0.15) is 0 Å². The molecule has 2 aromatic carbocycles.